The van der Waals surface area contributed by atoms with E-state index in [9.17, 15) is 5.11 Å². The Morgan fingerprint density at radius 2 is 1.60 bits per heavy atom. The number of hydrogen-bond donors (Lipinski definition) is 2. The molecule has 3 nitrogen and oxygen atoms in total. The van der Waals surface area contributed by atoms with E-state index < -0.39 is 5.97 Å². The zero-order chi connectivity index (χ0) is 11.3. The summed E-state index contributed by atoms with van der Waals surface area (Å²) < 4.78 is 0. The Morgan fingerprint density at radius 3 is 2.20 bits per heavy atom. The molecule has 0 aliphatic heterocycles. The Hall–Kier alpha value is -0.570. The van der Waals surface area contributed by atoms with Gasteiger partial charge in [0, 0.05) is 6.92 Å². The molecule has 3 unspecified atom stereocenters. The second kappa shape index (κ2) is 6.11. The van der Waals surface area contributed by atoms with Gasteiger partial charge in [-0.3, -0.25) is 4.79 Å². The molecule has 2 fully saturated rings. The van der Waals surface area contributed by atoms with E-state index in [1.54, 1.807) is 0 Å². The molecule has 3 atom stereocenters. The molecule has 2 aliphatic rings. The Kier molecular flexibility index (Phi) is 5.09. The monoisotopic (exact) mass is 214 g/mol. The van der Waals surface area contributed by atoms with Crippen molar-refractivity contribution in [1.29, 1.82) is 0 Å². The third-order valence-corrected chi connectivity index (χ3v) is 3.51. The van der Waals surface area contributed by atoms with Crippen LogP contribution in [0, 0.1) is 11.8 Å². The normalized spacial score (nSPS) is 34.7. The fraction of sp³-hybridized carbons (Fsp3) is 0.917. The van der Waals surface area contributed by atoms with Gasteiger partial charge in [-0.2, -0.15) is 0 Å². The van der Waals surface area contributed by atoms with Crippen LogP contribution in [0.3, 0.4) is 0 Å². The molecule has 88 valence electrons. The lowest BCUT2D eigenvalue weighted by Gasteiger charge is -2.37. The van der Waals surface area contributed by atoms with Crippen LogP contribution in [0.25, 0.3) is 0 Å². The van der Waals surface area contributed by atoms with Crippen LogP contribution >= 0.6 is 0 Å². The molecule has 0 aromatic rings. The summed E-state index contributed by atoms with van der Waals surface area (Å²) in [6, 6.07) is 0. The summed E-state index contributed by atoms with van der Waals surface area (Å²) in [5, 5.41) is 16.9. The lowest BCUT2D eigenvalue weighted by molar-refractivity contribution is -0.134. The highest BCUT2D eigenvalue weighted by molar-refractivity contribution is 5.62. The van der Waals surface area contributed by atoms with Gasteiger partial charge < -0.3 is 10.2 Å². The van der Waals surface area contributed by atoms with E-state index in [0.29, 0.717) is 0 Å². The molecule has 3 heteroatoms. The van der Waals surface area contributed by atoms with Crippen molar-refractivity contribution in [3.8, 4) is 0 Å². The summed E-state index contributed by atoms with van der Waals surface area (Å²) in [7, 11) is 0. The van der Waals surface area contributed by atoms with Gasteiger partial charge in [0.25, 0.3) is 5.97 Å². The van der Waals surface area contributed by atoms with Crippen LogP contribution in [-0.4, -0.2) is 22.3 Å². The maximum Gasteiger partial charge on any atom is 0.300 e. The molecular formula is C12H22O3. The zero-order valence-corrected chi connectivity index (χ0v) is 9.48. The van der Waals surface area contributed by atoms with Gasteiger partial charge in [0.15, 0.2) is 0 Å². The lowest BCUT2D eigenvalue weighted by atomic mass is 9.70. The Labute approximate surface area is 91.5 Å². The molecule has 2 N–H and O–H groups in total. The number of rotatable bonds is 0. The van der Waals surface area contributed by atoms with Gasteiger partial charge in [-0.05, 0) is 31.1 Å². The molecule has 0 amide bonds. The van der Waals surface area contributed by atoms with Gasteiger partial charge in [0.1, 0.15) is 0 Å². The molecule has 0 saturated heterocycles. The van der Waals surface area contributed by atoms with Crippen LogP contribution in [0.15, 0.2) is 0 Å². The number of carboxylic acids is 1. The van der Waals surface area contributed by atoms with Crippen LogP contribution in [0.4, 0.5) is 0 Å². The van der Waals surface area contributed by atoms with E-state index in [-0.39, 0.29) is 6.10 Å². The summed E-state index contributed by atoms with van der Waals surface area (Å²) in [6.45, 7) is 1.08. The lowest BCUT2D eigenvalue weighted by Crippen LogP contribution is -2.29. The van der Waals surface area contributed by atoms with Crippen molar-refractivity contribution in [2.24, 2.45) is 11.8 Å². The quantitative estimate of drug-likeness (QED) is 0.651. The minimum Gasteiger partial charge on any atom is -0.481 e. The molecule has 0 radical (unpaired) electrons. The summed E-state index contributed by atoms with van der Waals surface area (Å²) in [5.74, 6) is 1.03. The summed E-state index contributed by atoms with van der Waals surface area (Å²) in [6.07, 6.45) is 9.19. The first-order valence-electron chi connectivity index (χ1n) is 5.97. The highest BCUT2D eigenvalue weighted by atomic mass is 16.4. The van der Waals surface area contributed by atoms with Crippen molar-refractivity contribution in [3.63, 3.8) is 0 Å². The standard InChI is InChI=1S/C10H18O.C2H4O2/c11-10-6-5-8-3-1-2-4-9(8)7-10;1-2(3)4/h8-11H,1-7H2;1H3,(H,3,4). The average Bonchev–Trinajstić information content (AvgIpc) is 2.16. The van der Waals surface area contributed by atoms with E-state index in [4.69, 9.17) is 9.90 Å². The van der Waals surface area contributed by atoms with Crippen LogP contribution < -0.4 is 0 Å². The van der Waals surface area contributed by atoms with Crippen LogP contribution in [0.5, 0.6) is 0 Å². The fourth-order valence-electron chi connectivity index (χ4n) is 2.85. The van der Waals surface area contributed by atoms with Gasteiger partial charge in [-0.15, -0.1) is 0 Å². The van der Waals surface area contributed by atoms with Crippen molar-refractivity contribution in [3.05, 3.63) is 0 Å². The van der Waals surface area contributed by atoms with Crippen molar-refractivity contribution in [1.82, 2.24) is 0 Å². The first kappa shape index (κ1) is 12.5. The predicted octanol–water partition coefficient (Wildman–Crippen LogP) is 2.43. The maximum atomic E-state index is 9.45. The summed E-state index contributed by atoms with van der Waals surface area (Å²) in [4.78, 5) is 9.00. The molecule has 0 heterocycles. The van der Waals surface area contributed by atoms with E-state index >= 15 is 0 Å². The Balaban J connectivity index is 0.000000245. The average molecular weight is 214 g/mol. The molecular weight excluding hydrogens is 192 g/mol. The zero-order valence-electron chi connectivity index (χ0n) is 9.48. The molecule has 0 aromatic heterocycles. The Morgan fingerprint density at radius 1 is 1.07 bits per heavy atom. The van der Waals surface area contributed by atoms with E-state index in [1.165, 1.54) is 32.1 Å². The van der Waals surface area contributed by atoms with Crippen LogP contribution in [0.2, 0.25) is 0 Å². The number of aliphatic hydroxyl groups excluding tert-OH is 1. The largest absolute Gasteiger partial charge is 0.481 e. The minimum atomic E-state index is -0.833. The molecule has 2 saturated carbocycles. The number of carbonyl (C=O) groups is 1. The van der Waals surface area contributed by atoms with Crippen molar-refractivity contribution < 1.29 is 15.0 Å². The topological polar surface area (TPSA) is 57.5 Å². The summed E-state index contributed by atoms with van der Waals surface area (Å²) >= 11 is 0. The minimum absolute atomic E-state index is 0.0364. The third-order valence-electron chi connectivity index (χ3n) is 3.51. The van der Waals surface area contributed by atoms with Crippen molar-refractivity contribution in [2.75, 3.05) is 0 Å². The molecule has 0 aromatic carbocycles. The van der Waals surface area contributed by atoms with Gasteiger partial charge in [-0.1, -0.05) is 25.7 Å². The van der Waals surface area contributed by atoms with Gasteiger partial charge in [0.2, 0.25) is 0 Å². The molecule has 2 aliphatic carbocycles. The molecule has 2 rings (SSSR count). The van der Waals surface area contributed by atoms with Crippen molar-refractivity contribution >= 4 is 5.97 Å². The molecule has 15 heavy (non-hydrogen) atoms. The van der Waals surface area contributed by atoms with Gasteiger partial charge >= 0.3 is 0 Å². The number of aliphatic hydroxyl groups is 1. The summed E-state index contributed by atoms with van der Waals surface area (Å²) in [5.41, 5.74) is 0. The SMILES string of the molecule is CC(=O)O.OC1CCC2CCCCC2C1. The smallest absolute Gasteiger partial charge is 0.300 e. The fourth-order valence-corrected chi connectivity index (χ4v) is 2.85. The van der Waals surface area contributed by atoms with Crippen molar-refractivity contribution in [2.45, 2.75) is 58.0 Å². The highest BCUT2D eigenvalue weighted by Gasteiger charge is 2.30. The number of aliphatic carboxylic acids is 1. The van der Waals surface area contributed by atoms with E-state index in [2.05, 4.69) is 0 Å². The van der Waals surface area contributed by atoms with E-state index in [0.717, 1.165) is 31.6 Å². The maximum absolute atomic E-state index is 9.45. The first-order chi connectivity index (χ1) is 7.09. The second-order valence-electron chi connectivity index (χ2n) is 4.79. The van der Waals surface area contributed by atoms with E-state index in [1.807, 2.05) is 0 Å². The van der Waals surface area contributed by atoms with Crippen LogP contribution in [-0.2, 0) is 4.79 Å². The third kappa shape index (κ3) is 4.65. The second-order valence-corrected chi connectivity index (χ2v) is 4.79. The number of fused-ring (bicyclic) bond motifs is 1. The number of carboxylic acid groups (broad SMARTS) is 1. The number of hydrogen-bond acceptors (Lipinski definition) is 2. The molecule has 0 bridgehead atoms. The predicted molar refractivity (Wildman–Crippen MR) is 58.6 cm³/mol. The van der Waals surface area contributed by atoms with Gasteiger partial charge in [0.05, 0.1) is 6.10 Å². The van der Waals surface area contributed by atoms with Crippen LogP contribution in [0.1, 0.15) is 51.9 Å². The Bertz CT molecular complexity index is 199. The first-order valence-corrected chi connectivity index (χ1v) is 5.97. The highest BCUT2D eigenvalue weighted by Crippen LogP contribution is 2.40. The van der Waals surface area contributed by atoms with Gasteiger partial charge in [-0.25, -0.2) is 0 Å². The molecule has 0 spiro atoms.